The molecule has 148 valence electrons. The summed E-state index contributed by atoms with van der Waals surface area (Å²) >= 11 is 0. The van der Waals surface area contributed by atoms with E-state index < -0.39 is 15.9 Å². The molecule has 3 atom stereocenters. The van der Waals surface area contributed by atoms with Crippen molar-refractivity contribution in [2.45, 2.75) is 23.4 Å². The van der Waals surface area contributed by atoms with E-state index in [1.807, 2.05) is 0 Å². The van der Waals surface area contributed by atoms with E-state index >= 15 is 0 Å². The number of benzene rings is 1. The highest BCUT2D eigenvalue weighted by Gasteiger charge is 2.44. The van der Waals surface area contributed by atoms with Gasteiger partial charge in [0.25, 0.3) is 11.5 Å². The first-order valence-electron chi connectivity index (χ1n) is 9.10. The lowest BCUT2D eigenvalue weighted by molar-refractivity contribution is 0.0909. The average Bonchev–Trinajstić information content (AvgIpc) is 3.11. The smallest absolute Gasteiger partial charge is 0.271 e. The SMILES string of the molecule is O=C(NCC1CN(S(=O)(=O)c2ccccc2)C2CCN1C2)c1ccc(=O)[nH]n1. The molecule has 2 aromatic rings. The zero-order valence-corrected chi connectivity index (χ0v) is 15.9. The Labute approximate surface area is 162 Å². The van der Waals surface area contributed by atoms with Crippen LogP contribution >= 0.6 is 0 Å². The van der Waals surface area contributed by atoms with Crippen molar-refractivity contribution in [3.8, 4) is 0 Å². The topological polar surface area (TPSA) is 115 Å². The molecule has 28 heavy (non-hydrogen) atoms. The lowest BCUT2D eigenvalue weighted by atomic mass is 10.2. The minimum absolute atomic E-state index is 0.0435. The Morgan fingerprint density at radius 1 is 1.18 bits per heavy atom. The van der Waals surface area contributed by atoms with E-state index in [4.69, 9.17) is 0 Å². The van der Waals surface area contributed by atoms with Crippen molar-refractivity contribution in [2.75, 3.05) is 26.2 Å². The molecule has 2 bridgehead atoms. The maximum atomic E-state index is 13.1. The normalized spacial score (nSPS) is 24.8. The van der Waals surface area contributed by atoms with E-state index in [2.05, 4.69) is 20.4 Å². The third-order valence-corrected chi connectivity index (χ3v) is 7.20. The highest BCUT2D eigenvalue weighted by Crippen LogP contribution is 2.29. The number of hydrogen-bond acceptors (Lipinski definition) is 6. The van der Waals surface area contributed by atoms with Gasteiger partial charge < -0.3 is 5.32 Å². The minimum Gasteiger partial charge on any atom is -0.349 e. The van der Waals surface area contributed by atoms with Gasteiger partial charge in [0.15, 0.2) is 0 Å². The zero-order chi connectivity index (χ0) is 19.7. The maximum Gasteiger partial charge on any atom is 0.271 e. The molecule has 9 nitrogen and oxygen atoms in total. The van der Waals surface area contributed by atoms with Crippen molar-refractivity contribution in [2.24, 2.45) is 0 Å². The number of fused-ring (bicyclic) bond motifs is 2. The van der Waals surface area contributed by atoms with Crippen LogP contribution in [0.1, 0.15) is 16.9 Å². The van der Waals surface area contributed by atoms with E-state index in [1.54, 1.807) is 34.6 Å². The van der Waals surface area contributed by atoms with Crippen molar-refractivity contribution in [3.63, 3.8) is 0 Å². The highest BCUT2D eigenvalue weighted by molar-refractivity contribution is 7.89. The fraction of sp³-hybridized carbons (Fsp3) is 0.389. The summed E-state index contributed by atoms with van der Waals surface area (Å²) in [5.41, 5.74) is -0.267. The summed E-state index contributed by atoms with van der Waals surface area (Å²) < 4.78 is 27.7. The number of rotatable bonds is 5. The van der Waals surface area contributed by atoms with Crippen LogP contribution in [0.4, 0.5) is 0 Å². The first-order valence-corrected chi connectivity index (χ1v) is 10.5. The van der Waals surface area contributed by atoms with Gasteiger partial charge in [-0.1, -0.05) is 18.2 Å². The zero-order valence-electron chi connectivity index (χ0n) is 15.1. The van der Waals surface area contributed by atoms with Gasteiger partial charge in [-0.15, -0.1) is 0 Å². The minimum atomic E-state index is -3.58. The Hall–Kier alpha value is -2.56. The van der Waals surface area contributed by atoms with Crippen molar-refractivity contribution in [3.05, 3.63) is 58.5 Å². The summed E-state index contributed by atoms with van der Waals surface area (Å²) in [5, 5.41) is 8.74. The number of carbonyl (C=O) groups is 1. The van der Waals surface area contributed by atoms with Gasteiger partial charge in [-0.3, -0.25) is 14.5 Å². The second-order valence-corrected chi connectivity index (χ2v) is 8.89. The van der Waals surface area contributed by atoms with Gasteiger partial charge in [0.05, 0.1) is 4.90 Å². The van der Waals surface area contributed by atoms with Crippen LogP contribution in [0.25, 0.3) is 0 Å². The maximum absolute atomic E-state index is 13.1. The van der Waals surface area contributed by atoms with Crippen LogP contribution in [0.15, 0.2) is 52.2 Å². The number of hydrogen-bond donors (Lipinski definition) is 2. The molecule has 1 aromatic heterocycles. The Morgan fingerprint density at radius 2 is 1.96 bits per heavy atom. The van der Waals surface area contributed by atoms with E-state index in [-0.39, 0.29) is 28.2 Å². The molecule has 0 aliphatic carbocycles. The molecule has 10 heteroatoms. The molecule has 0 spiro atoms. The Balaban J connectivity index is 1.47. The molecule has 0 radical (unpaired) electrons. The standard InChI is InChI=1S/C18H21N5O4S/c24-17-7-6-16(20-21-17)18(25)19-10-14-12-23(13-8-9-22(14)11-13)28(26,27)15-4-2-1-3-5-15/h1-7,13-14H,8-12H2,(H,19,25)(H,21,24). The Bertz CT molecular complexity index is 1000. The van der Waals surface area contributed by atoms with Crippen LogP contribution in [0.2, 0.25) is 0 Å². The molecule has 4 rings (SSSR count). The lowest BCUT2D eigenvalue weighted by Gasteiger charge is -2.39. The molecule has 1 aromatic carbocycles. The summed E-state index contributed by atoms with van der Waals surface area (Å²) in [6.07, 6.45) is 0.776. The molecule has 2 saturated heterocycles. The fourth-order valence-electron chi connectivity index (χ4n) is 3.79. The van der Waals surface area contributed by atoms with Crippen LogP contribution in [0.5, 0.6) is 0 Å². The summed E-state index contributed by atoms with van der Waals surface area (Å²) in [6.45, 7) is 2.07. The van der Waals surface area contributed by atoms with Crippen LogP contribution < -0.4 is 10.9 Å². The van der Waals surface area contributed by atoms with Crippen molar-refractivity contribution in [1.29, 1.82) is 0 Å². The molecule has 2 fully saturated rings. The molecule has 3 unspecified atom stereocenters. The lowest BCUT2D eigenvalue weighted by Crippen LogP contribution is -2.57. The number of amides is 1. The van der Waals surface area contributed by atoms with Crippen LogP contribution in [0, 0.1) is 0 Å². The van der Waals surface area contributed by atoms with E-state index in [9.17, 15) is 18.0 Å². The predicted octanol–water partition coefficient (Wildman–Crippen LogP) is -0.353. The predicted molar refractivity (Wildman–Crippen MR) is 101 cm³/mol. The molecule has 0 saturated carbocycles. The van der Waals surface area contributed by atoms with Gasteiger partial charge in [-0.25, -0.2) is 13.5 Å². The highest BCUT2D eigenvalue weighted by atomic mass is 32.2. The Morgan fingerprint density at radius 3 is 2.68 bits per heavy atom. The van der Waals surface area contributed by atoms with E-state index in [1.165, 1.54) is 12.1 Å². The first kappa shape index (κ1) is 18.8. The molecule has 2 aliphatic heterocycles. The quantitative estimate of drug-likeness (QED) is 0.705. The van der Waals surface area contributed by atoms with Gasteiger partial charge >= 0.3 is 0 Å². The third kappa shape index (κ3) is 3.58. The molecule has 3 heterocycles. The van der Waals surface area contributed by atoms with Crippen molar-refractivity contribution >= 4 is 15.9 Å². The number of piperazine rings is 1. The first-order chi connectivity index (χ1) is 13.4. The second kappa shape index (κ2) is 7.46. The van der Waals surface area contributed by atoms with E-state index in [0.29, 0.717) is 19.6 Å². The number of carbonyl (C=O) groups excluding carboxylic acids is 1. The summed E-state index contributed by atoms with van der Waals surface area (Å²) in [6, 6.07) is 10.9. The average molecular weight is 403 g/mol. The molecule has 2 aliphatic rings. The monoisotopic (exact) mass is 403 g/mol. The van der Waals surface area contributed by atoms with Gasteiger partial charge in [0.2, 0.25) is 10.0 Å². The van der Waals surface area contributed by atoms with Crippen LogP contribution in [0.3, 0.4) is 0 Å². The largest absolute Gasteiger partial charge is 0.349 e. The number of aromatic amines is 1. The number of sulfonamides is 1. The van der Waals surface area contributed by atoms with Crippen molar-refractivity contribution in [1.82, 2.24) is 24.7 Å². The van der Waals surface area contributed by atoms with Crippen LogP contribution in [-0.4, -0.2) is 72.0 Å². The number of H-pyrrole nitrogens is 1. The van der Waals surface area contributed by atoms with Gasteiger partial charge in [0, 0.05) is 44.3 Å². The number of aromatic nitrogens is 2. The number of nitrogens with zero attached hydrogens (tertiary/aromatic N) is 3. The fourth-order valence-corrected chi connectivity index (χ4v) is 5.50. The summed E-state index contributed by atoms with van der Waals surface area (Å²) in [5.74, 6) is -0.407. The Kier molecular flexibility index (Phi) is 5.00. The number of nitrogens with one attached hydrogen (secondary N) is 2. The third-order valence-electron chi connectivity index (χ3n) is 5.27. The molecular formula is C18H21N5O4S. The van der Waals surface area contributed by atoms with Crippen LogP contribution in [-0.2, 0) is 10.0 Å². The molecule has 2 N–H and O–H groups in total. The second-order valence-electron chi connectivity index (χ2n) is 7.00. The van der Waals surface area contributed by atoms with E-state index in [0.717, 1.165) is 13.0 Å². The van der Waals surface area contributed by atoms with Crippen molar-refractivity contribution < 1.29 is 13.2 Å². The van der Waals surface area contributed by atoms with Gasteiger partial charge in [0.1, 0.15) is 5.69 Å². The molecular weight excluding hydrogens is 382 g/mol. The summed E-state index contributed by atoms with van der Waals surface area (Å²) in [7, 11) is -3.58. The van der Waals surface area contributed by atoms with Gasteiger partial charge in [-0.05, 0) is 24.6 Å². The van der Waals surface area contributed by atoms with Gasteiger partial charge in [-0.2, -0.15) is 9.40 Å². The summed E-state index contributed by atoms with van der Waals surface area (Å²) in [4.78, 5) is 25.8. The molecule has 1 amide bonds.